The van der Waals surface area contributed by atoms with E-state index < -0.39 is 35.1 Å². The van der Waals surface area contributed by atoms with E-state index in [1.165, 1.54) is 6.92 Å². The highest BCUT2D eigenvalue weighted by molar-refractivity contribution is 5.70. The molecule has 0 saturated carbocycles. The van der Waals surface area contributed by atoms with Crippen LogP contribution in [-0.2, 0) is 6.18 Å². The molecule has 2 rings (SSSR count). The van der Waals surface area contributed by atoms with E-state index in [-0.39, 0.29) is 16.8 Å². The lowest BCUT2D eigenvalue weighted by Gasteiger charge is -2.14. The Labute approximate surface area is 122 Å². The van der Waals surface area contributed by atoms with Crippen LogP contribution < -0.4 is 11.5 Å². The second-order valence-electron chi connectivity index (χ2n) is 4.77. The van der Waals surface area contributed by atoms with Crippen molar-refractivity contribution in [2.45, 2.75) is 19.1 Å². The third kappa shape index (κ3) is 2.87. The van der Waals surface area contributed by atoms with Crippen LogP contribution in [0.2, 0.25) is 0 Å². The first-order valence-corrected chi connectivity index (χ1v) is 6.19. The maximum absolute atomic E-state index is 14.1. The van der Waals surface area contributed by atoms with E-state index in [1.807, 2.05) is 0 Å². The zero-order valence-corrected chi connectivity index (χ0v) is 11.4. The summed E-state index contributed by atoms with van der Waals surface area (Å²) < 4.78 is 65.8. The maximum atomic E-state index is 14.1. The summed E-state index contributed by atoms with van der Waals surface area (Å²) in [7, 11) is 0. The molecule has 0 saturated heterocycles. The van der Waals surface area contributed by atoms with Crippen LogP contribution in [0.4, 0.5) is 27.6 Å². The largest absolute Gasteiger partial charge is 0.418 e. The Morgan fingerprint density at radius 2 is 1.82 bits per heavy atom. The third-order valence-corrected chi connectivity index (χ3v) is 3.10. The molecule has 0 aliphatic rings. The van der Waals surface area contributed by atoms with Crippen LogP contribution in [0.15, 0.2) is 24.4 Å². The minimum Gasteiger partial charge on any atom is -0.396 e. The van der Waals surface area contributed by atoms with Gasteiger partial charge in [0, 0.05) is 23.4 Å². The Balaban J connectivity index is 2.55. The Morgan fingerprint density at radius 1 is 1.18 bits per heavy atom. The zero-order chi connectivity index (χ0) is 16.7. The van der Waals surface area contributed by atoms with E-state index in [2.05, 4.69) is 4.98 Å². The summed E-state index contributed by atoms with van der Waals surface area (Å²) in [6, 6.07) is 1.81. The number of rotatable bonds is 2. The topological polar surface area (TPSA) is 64.9 Å². The summed E-state index contributed by atoms with van der Waals surface area (Å²) in [5.41, 5.74) is 8.05. The van der Waals surface area contributed by atoms with Crippen LogP contribution in [0, 0.1) is 11.6 Å². The van der Waals surface area contributed by atoms with Gasteiger partial charge in [-0.25, -0.2) is 8.78 Å². The molecule has 4 N–H and O–H groups in total. The molecular weight excluding hydrogens is 305 g/mol. The molecule has 118 valence electrons. The monoisotopic (exact) mass is 317 g/mol. The lowest BCUT2D eigenvalue weighted by molar-refractivity contribution is -0.137. The van der Waals surface area contributed by atoms with Crippen molar-refractivity contribution in [1.29, 1.82) is 0 Å². The molecule has 0 fully saturated rings. The molecule has 22 heavy (non-hydrogen) atoms. The summed E-state index contributed by atoms with van der Waals surface area (Å²) in [6.07, 6.45) is -3.64. The van der Waals surface area contributed by atoms with Crippen molar-refractivity contribution in [2.24, 2.45) is 5.73 Å². The Bertz CT molecular complexity index is 710. The highest BCUT2D eigenvalue weighted by atomic mass is 19.4. The number of nitrogens with two attached hydrogens (primary N) is 2. The first kappa shape index (κ1) is 16.2. The van der Waals surface area contributed by atoms with E-state index in [1.54, 1.807) is 0 Å². The molecule has 0 radical (unpaired) electrons. The molecule has 1 aromatic carbocycles. The number of benzene rings is 1. The average Bonchev–Trinajstić information content (AvgIpc) is 2.39. The molecule has 0 bridgehead atoms. The van der Waals surface area contributed by atoms with Crippen molar-refractivity contribution >= 4 is 5.69 Å². The predicted molar refractivity (Wildman–Crippen MR) is 71.6 cm³/mol. The van der Waals surface area contributed by atoms with Gasteiger partial charge in [0.2, 0.25) is 0 Å². The molecule has 2 aromatic rings. The number of nitrogens with zero attached hydrogens (tertiary/aromatic N) is 1. The molecule has 0 aliphatic carbocycles. The standard InChI is InChI=1S/C14H12F5N3/c1-6(20)13-10(15)4-7(5-22-13)8-2-3-9(14(17,18)19)12(21)11(8)16/h2-6H,20-21H2,1H3. The maximum Gasteiger partial charge on any atom is 0.418 e. The van der Waals surface area contributed by atoms with Crippen molar-refractivity contribution in [1.82, 2.24) is 4.98 Å². The van der Waals surface area contributed by atoms with Gasteiger partial charge >= 0.3 is 6.18 Å². The average molecular weight is 317 g/mol. The molecule has 8 heteroatoms. The van der Waals surface area contributed by atoms with Crippen molar-refractivity contribution in [3.05, 3.63) is 47.3 Å². The highest BCUT2D eigenvalue weighted by Crippen LogP contribution is 2.38. The van der Waals surface area contributed by atoms with Gasteiger partial charge < -0.3 is 11.5 Å². The molecule has 1 atom stereocenters. The fourth-order valence-electron chi connectivity index (χ4n) is 1.99. The van der Waals surface area contributed by atoms with Crippen LogP contribution in [-0.4, -0.2) is 4.98 Å². The van der Waals surface area contributed by atoms with Gasteiger partial charge in [-0.1, -0.05) is 6.07 Å². The van der Waals surface area contributed by atoms with Gasteiger partial charge in [0.15, 0.2) is 5.82 Å². The van der Waals surface area contributed by atoms with E-state index in [0.717, 1.165) is 18.3 Å². The van der Waals surface area contributed by atoms with Crippen LogP contribution >= 0.6 is 0 Å². The van der Waals surface area contributed by atoms with Crippen molar-refractivity contribution in [3.63, 3.8) is 0 Å². The summed E-state index contributed by atoms with van der Waals surface area (Å²) in [5.74, 6) is -2.05. The number of halogens is 5. The second kappa shape index (κ2) is 5.53. The number of hydrogen-bond donors (Lipinski definition) is 2. The van der Waals surface area contributed by atoms with E-state index in [9.17, 15) is 22.0 Å². The molecule has 0 spiro atoms. The molecule has 0 amide bonds. The quantitative estimate of drug-likeness (QED) is 0.656. The summed E-state index contributed by atoms with van der Waals surface area (Å²) in [4.78, 5) is 3.77. The van der Waals surface area contributed by atoms with E-state index >= 15 is 0 Å². The summed E-state index contributed by atoms with van der Waals surface area (Å²) in [5, 5.41) is 0. The van der Waals surface area contributed by atoms with Gasteiger partial charge in [0.25, 0.3) is 0 Å². The number of pyridine rings is 1. The number of anilines is 1. The third-order valence-electron chi connectivity index (χ3n) is 3.10. The lowest BCUT2D eigenvalue weighted by atomic mass is 10.0. The minimum atomic E-state index is -4.77. The predicted octanol–water partition coefficient (Wildman–Crippen LogP) is 3.65. The van der Waals surface area contributed by atoms with E-state index in [0.29, 0.717) is 6.07 Å². The molecule has 1 heterocycles. The molecule has 0 aliphatic heterocycles. The van der Waals surface area contributed by atoms with Gasteiger partial charge in [-0.15, -0.1) is 0 Å². The van der Waals surface area contributed by atoms with Crippen molar-refractivity contribution in [2.75, 3.05) is 5.73 Å². The number of alkyl halides is 3. The Morgan fingerprint density at radius 3 is 2.32 bits per heavy atom. The van der Waals surface area contributed by atoms with Crippen molar-refractivity contribution in [3.8, 4) is 11.1 Å². The lowest BCUT2D eigenvalue weighted by Crippen LogP contribution is -2.12. The Kier molecular flexibility index (Phi) is 4.06. The normalized spacial score (nSPS) is 13.2. The molecular formula is C14H12F5N3. The van der Waals surface area contributed by atoms with Crippen LogP contribution in [0.25, 0.3) is 11.1 Å². The van der Waals surface area contributed by atoms with E-state index in [4.69, 9.17) is 11.5 Å². The second-order valence-corrected chi connectivity index (χ2v) is 4.77. The molecule has 1 aromatic heterocycles. The highest BCUT2D eigenvalue weighted by Gasteiger charge is 2.34. The minimum absolute atomic E-state index is 0.0240. The molecule has 1 unspecified atom stereocenters. The number of nitrogen functional groups attached to an aromatic ring is 1. The summed E-state index contributed by atoms with van der Waals surface area (Å²) >= 11 is 0. The number of aromatic nitrogens is 1. The van der Waals surface area contributed by atoms with Gasteiger partial charge in [-0.2, -0.15) is 13.2 Å². The van der Waals surface area contributed by atoms with Crippen molar-refractivity contribution < 1.29 is 22.0 Å². The first-order valence-electron chi connectivity index (χ1n) is 6.19. The SMILES string of the molecule is CC(N)c1ncc(-c2ccc(C(F)(F)F)c(N)c2F)cc1F. The van der Waals surface area contributed by atoms with Crippen LogP contribution in [0.5, 0.6) is 0 Å². The smallest absolute Gasteiger partial charge is 0.396 e. The van der Waals surface area contributed by atoms with Gasteiger partial charge in [-0.3, -0.25) is 4.98 Å². The fraction of sp³-hybridized carbons (Fsp3) is 0.214. The van der Waals surface area contributed by atoms with Crippen LogP contribution in [0.1, 0.15) is 24.2 Å². The first-order chi connectivity index (χ1) is 10.1. The van der Waals surface area contributed by atoms with Crippen LogP contribution in [0.3, 0.4) is 0 Å². The fourth-order valence-corrected chi connectivity index (χ4v) is 1.99. The van der Waals surface area contributed by atoms with Gasteiger partial charge in [0.05, 0.1) is 16.9 Å². The summed E-state index contributed by atoms with van der Waals surface area (Å²) in [6.45, 7) is 1.52. The van der Waals surface area contributed by atoms with Gasteiger partial charge in [0.1, 0.15) is 5.82 Å². The Hall–Kier alpha value is -2.22. The van der Waals surface area contributed by atoms with Gasteiger partial charge in [-0.05, 0) is 19.1 Å². The number of hydrogen-bond acceptors (Lipinski definition) is 3. The zero-order valence-electron chi connectivity index (χ0n) is 11.4. The molecule has 3 nitrogen and oxygen atoms in total.